The van der Waals surface area contributed by atoms with E-state index in [1.54, 1.807) is 32.1 Å². The first-order valence-corrected chi connectivity index (χ1v) is 11.6. The number of hydrogen-bond acceptors (Lipinski definition) is 6. The number of piperidine rings is 1. The SMILES string of the molecule is C/C(=C\[C@H](C)C(=O)/C=C/CC1CC(=O)NC(=O)C1)C1OC(=O)/C=C/CC/C=C/C[C@@H](O)[C@@H]1C. The van der Waals surface area contributed by atoms with Crippen molar-refractivity contribution in [3.8, 4) is 0 Å². The number of ketones is 1. The average Bonchev–Trinajstić information content (AvgIpc) is 2.74. The fraction of sp³-hybridized carbons (Fsp3) is 0.538. The molecule has 1 fully saturated rings. The van der Waals surface area contributed by atoms with E-state index in [9.17, 15) is 24.3 Å². The molecule has 0 spiro atoms. The van der Waals surface area contributed by atoms with Gasteiger partial charge in [0.25, 0.3) is 0 Å². The molecular formula is C26H35NO6. The molecular weight excluding hydrogens is 422 g/mol. The van der Waals surface area contributed by atoms with Gasteiger partial charge in [-0.05, 0) is 50.2 Å². The Morgan fingerprint density at radius 2 is 1.85 bits per heavy atom. The van der Waals surface area contributed by atoms with Crippen molar-refractivity contribution < 1.29 is 29.0 Å². The lowest BCUT2D eigenvalue weighted by atomic mass is 9.88. The van der Waals surface area contributed by atoms with Crippen molar-refractivity contribution in [3.05, 3.63) is 48.1 Å². The lowest BCUT2D eigenvalue weighted by Gasteiger charge is -2.28. The molecule has 7 heteroatoms. The summed E-state index contributed by atoms with van der Waals surface area (Å²) in [4.78, 5) is 47.8. The highest BCUT2D eigenvalue weighted by Gasteiger charge is 2.29. The third-order valence-electron chi connectivity index (χ3n) is 6.01. The van der Waals surface area contributed by atoms with Crippen LogP contribution in [0.15, 0.2) is 48.1 Å². The Labute approximate surface area is 195 Å². The van der Waals surface area contributed by atoms with E-state index in [2.05, 4.69) is 5.32 Å². The first-order valence-electron chi connectivity index (χ1n) is 11.6. The molecule has 0 bridgehead atoms. The average molecular weight is 458 g/mol. The number of hydrogen-bond donors (Lipinski definition) is 2. The number of aliphatic hydroxyl groups is 1. The first-order chi connectivity index (χ1) is 15.7. The first kappa shape index (κ1) is 26.5. The van der Waals surface area contributed by atoms with E-state index in [1.165, 1.54) is 12.2 Å². The molecule has 2 rings (SSSR count). The number of nitrogens with one attached hydrogen (secondary N) is 1. The minimum atomic E-state index is -0.688. The summed E-state index contributed by atoms with van der Waals surface area (Å²) in [6.45, 7) is 5.39. The van der Waals surface area contributed by atoms with Gasteiger partial charge in [0.05, 0.1) is 6.10 Å². The number of carbonyl (C=O) groups is 4. The van der Waals surface area contributed by atoms with Crippen molar-refractivity contribution in [3.63, 3.8) is 0 Å². The Balaban J connectivity index is 2.05. The quantitative estimate of drug-likeness (QED) is 0.274. The number of esters is 1. The van der Waals surface area contributed by atoms with Crippen molar-refractivity contribution in [1.82, 2.24) is 5.32 Å². The van der Waals surface area contributed by atoms with Gasteiger partial charge < -0.3 is 9.84 Å². The molecule has 0 aliphatic carbocycles. The standard InChI is InChI=1S/C26H35NO6/c1-17(21(28)12-9-10-20-15-23(30)27-24(31)16-20)14-18(2)26-19(3)22(29)11-7-5-4-6-8-13-25(32)33-26/h5,7-9,12-14,17,19-20,22,26,29H,4,6,10-11,15-16H2,1-3H3,(H,27,30,31)/b7-5+,12-9+,13-8+,18-14+/t17-,19-,22+,26?/m0/s1. The van der Waals surface area contributed by atoms with Crippen LogP contribution < -0.4 is 5.32 Å². The Hall–Kier alpha value is -2.80. The van der Waals surface area contributed by atoms with Crippen molar-refractivity contribution in [2.45, 2.75) is 71.5 Å². The predicted octanol–water partition coefficient (Wildman–Crippen LogP) is 3.34. The van der Waals surface area contributed by atoms with Crippen LogP contribution in [0.5, 0.6) is 0 Å². The molecule has 0 aromatic rings. The number of imide groups is 1. The Morgan fingerprint density at radius 1 is 1.18 bits per heavy atom. The molecule has 0 aromatic carbocycles. The van der Waals surface area contributed by atoms with Crippen LogP contribution in [0.3, 0.4) is 0 Å². The second-order valence-corrected chi connectivity index (χ2v) is 8.96. The maximum absolute atomic E-state index is 12.6. The summed E-state index contributed by atoms with van der Waals surface area (Å²) in [6.07, 6.45) is 13.7. The number of allylic oxidation sites excluding steroid dienone is 5. The van der Waals surface area contributed by atoms with Gasteiger partial charge in [0.2, 0.25) is 11.8 Å². The van der Waals surface area contributed by atoms with Gasteiger partial charge in [-0.3, -0.25) is 19.7 Å². The third-order valence-corrected chi connectivity index (χ3v) is 6.01. The van der Waals surface area contributed by atoms with Crippen molar-refractivity contribution in [2.24, 2.45) is 17.8 Å². The van der Waals surface area contributed by atoms with E-state index in [0.29, 0.717) is 24.8 Å². The summed E-state index contributed by atoms with van der Waals surface area (Å²) >= 11 is 0. The highest BCUT2D eigenvalue weighted by molar-refractivity contribution is 5.97. The zero-order chi connectivity index (χ0) is 24.4. The summed E-state index contributed by atoms with van der Waals surface area (Å²) < 4.78 is 5.65. The van der Waals surface area contributed by atoms with Crippen LogP contribution in [0.4, 0.5) is 0 Å². The van der Waals surface area contributed by atoms with Crippen molar-refractivity contribution >= 4 is 23.6 Å². The lowest BCUT2D eigenvalue weighted by Crippen LogP contribution is -2.38. The summed E-state index contributed by atoms with van der Waals surface area (Å²) in [5.74, 6) is -2.07. The number of carbonyl (C=O) groups excluding carboxylic acids is 4. The van der Waals surface area contributed by atoms with Gasteiger partial charge in [-0.1, -0.05) is 44.2 Å². The largest absolute Gasteiger partial charge is 0.454 e. The topological polar surface area (TPSA) is 110 Å². The smallest absolute Gasteiger partial charge is 0.331 e. The molecule has 2 amide bonds. The second-order valence-electron chi connectivity index (χ2n) is 8.96. The molecule has 2 N–H and O–H groups in total. The van der Waals surface area contributed by atoms with Gasteiger partial charge in [0.15, 0.2) is 5.78 Å². The number of cyclic esters (lactones) is 1. The van der Waals surface area contributed by atoms with Crippen molar-refractivity contribution in [2.75, 3.05) is 0 Å². The molecule has 33 heavy (non-hydrogen) atoms. The molecule has 2 heterocycles. The fourth-order valence-corrected chi connectivity index (χ4v) is 4.04. The molecule has 2 aliphatic heterocycles. The van der Waals surface area contributed by atoms with Crippen LogP contribution in [0.25, 0.3) is 0 Å². The minimum absolute atomic E-state index is 0.0945. The zero-order valence-corrected chi connectivity index (χ0v) is 19.7. The molecule has 180 valence electrons. The number of aliphatic hydroxyl groups excluding tert-OH is 1. The summed E-state index contributed by atoms with van der Waals surface area (Å²) in [5.41, 5.74) is 0.702. The summed E-state index contributed by atoms with van der Waals surface area (Å²) in [7, 11) is 0. The van der Waals surface area contributed by atoms with Crippen LogP contribution >= 0.6 is 0 Å². The third kappa shape index (κ3) is 8.92. The zero-order valence-electron chi connectivity index (χ0n) is 19.7. The van der Waals surface area contributed by atoms with Crippen LogP contribution in [0, 0.1) is 17.8 Å². The number of ether oxygens (including phenoxy) is 1. The van der Waals surface area contributed by atoms with Crippen LogP contribution in [-0.2, 0) is 23.9 Å². The molecule has 0 saturated carbocycles. The van der Waals surface area contributed by atoms with Crippen LogP contribution in [0.1, 0.15) is 59.3 Å². The predicted molar refractivity (Wildman–Crippen MR) is 125 cm³/mol. The number of amides is 2. The van der Waals surface area contributed by atoms with E-state index in [0.717, 1.165) is 6.42 Å². The second kappa shape index (κ2) is 13.0. The van der Waals surface area contributed by atoms with E-state index >= 15 is 0 Å². The number of rotatable bonds is 6. The highest BCUT2D eigenvalue weighted by atomic mass is 16.5. The fourth-order valence-electron chi connectivity index (χ4n) is 4.04. The molecule has 0 aromatic heterocycles. The molecule has 0 radical (unpaired) electrons. The molecule has 7 nitrogen and oxygen atoms in total. The van der Waals surface area contributed by atoms with E-state index < -0.39 is 24.1 Å². The monoisotopic (exact) mass is 457 g/mol. The molecule has 2 aliphatic rings. The Morgan fingerprint density at radius 3 is 2.55 bits per heavy atom. The maximum Gasteiger partial charge on any atom is 0.331 e. The van der Waals surface area contributed by atoms with Gasteiger partial charge in [-0.2, -0.15) is 0 Å². The summed E-state index contributed by atoms with van der Waals surface area (Å²) in [6, 6.07) is 0. The Bertz CT molecular complexity index is 837. The van der Waals surface area contributed by atoms with Crippen LogP contribution in [0.2, 0.25) is 0 Å². The molecule has 4 atom stereocenters. The van der Waals surface area contributed by atoms with Gasteiger partial charge in [0.1, 0.15) is 6.10 Å². The van der Waals surface area contributed by atoms with Gasteiger partial charge in [-0.25, -0.2) is 4.79 Å². The normalized spacial score (nSPS) is 28.9. The molecule has 1 saturated heterocycles. The lowest BCUT2D eigenvalue weighted by molar-refractivity contribution is -0.145. The van der Waals surface area contributed by atoms with E-state index in [1.807, 2.05) is 19.1 Å². The van der Waals surface area contributed by atoms with Gasteiger partial charge in [0, 0.05) is 30.8 Å². The van der Waals surface area contributed by atoms with E-state index in [4.69, 9.17) is 4.74 Å². The van der Waals surface area contributed by atoms with Gasteiger partial charge >= 0.3 is 5.97 Å². The van der Waals surface area contributed by atoms with E-state index in [-0.39, 0.29) is 42.3 Å². The van der Waals surface area contributed by atoms with Crippen LogP contribution in [-0.4, -0.2) is 40.9 Å². The van der Waals surface area contributed by atoms with Gasteiger partial charge in [-0.15, -0.1) is 0 Å². The maximum atomic E-state index is 12.6. The molecule has 1 unspecified atom stereocenters. The Kier molecular flexibility index (Phi) is 10.5. The van der Waals surface area contributed by atoms with Crippen molar-refractivity contribution in [1.29, 1.82) is 0 Å². The minimum Gasteiger partial charge on any atom is -0.454 e. The highest BCUT2D eigenvalue weighted by Crippen LogP contribution is 2.24. The summed E-state index contributed by atoms with van der Waals surface area (Å²) in [5, 5.41) is 12.8.